The lowest BCUT2D eigenvalue weighted by Crippen LogP contribution is -2.45. The topological polar surface area (TPSA) is 134 Å². The molecule has 0 unspecified atom stereocenters. The molecule has 3 aromatic rings. The highest BCUT2D eigenvalue weighted by atomic mass is 127. The molecule has 0 fully saturated rings. The molecule has 1 amide bonds. The van der Waals surface area contributed by atoms with Crippen LogP contribution in [0.15, 0.2) is 81.5 Å². The summed E-state index contributed by atoms with van der Waals surface area (Å²) in [6.45, 7) is 3.62. The quantitative estimate of drug-likeness (QED) is 0.0770. The number of para-hydroxylation sites is 1. The van der Waals surface area contributed by atoms with E-state index in [2.05, 4.69) is 65.8 Å². The Hall–Kier alpha value is -4.00. The number of esters is 1. The van der Waals surface area contributed by atoms with Gasteiger partial charge in [0, 0.05) is 16.8 Å². The second kappa shape index (κ2) is 15.6. The van der Waals surface area contributed by atoms with Crippen molar-refractivity contribution in [1.82, 2.24) is 16.1 Å². The van der Waals surface area contributed by atoms with E-state index in [0.717, 1.165) is 14.7 Å². The summed E-state index contributed by atoms with van der Waals surface area (Å²) in [5, 5.41) is 19.8. The van der Waals surface area contributed by atoms with E-state index < -0.39 is 17.9 Å². The molecular weight excluding hydrogens is 761 g/mol. The molecule has 10 nitrogen and oxygen atoms in total. The Kier molecular flexibility index (Phi) is 11.7. The molecule has 1 atom stereocenters. The number of hydrogen-bond donors (Lipinski definition) is 3. The summed E-state index contributed by atoms with van der Waals surface area (Å²) in [4.78, 5) is 25.3. The zero-order valence-corrected chi connectivity index (χ0v) is 28.2. The number of carbonyl (C=O) groups is 2. The molecule has 1 heterocycles. The summed E-state index contributed by atoms with van der Waals surface area (Å²) >= 11 is 11.0. The van der Waals surface area contributed by atoms with Gasteiger partial charge < -0.3 is 24.8 Å². The van der Waals surface area contributed by atoms with Crippen molar-refractivity contribution in [2.75, 3.05) is 13.2 Å². The molecule has 0 radical (unpaired) electrons. The molecule has 4 rings (SSSR count). The van der Waals surface area contributed by atoms with Crippen molar-refractivity contribution in [3.05, 3.63) is 102 Å². The van der Waals surface area contributed by atoms with Crippen molar-refractivity contribution in [3.8, 4) is 17.6 Å². The number of nitrogens with one attached hydrogen (secondary N) is 3. The minimum atomic E-state index is -0.631. The van der Waals surface area contributed by atoms with E-state index in [1.54, 1.807) is 44.2 Å². The molecule has 3 aromatic carbocycles. The average Bonchev–Trinajstić information content (AvgIpc) is 2.99. The Morgan fingerprint density at radius 2 is 1.93 bits per heavy atom. The van der Waals surface area contributed by atoms with Gasteiger partial charge in [-0.15, -0.1) is 0 Å². The van der Waals surface area contributed by atoms with Crippen LogP contribution in [0.1, 0.15) is 42.1 Å². The summed E-state index contributed by atoms with van der Waals surface area (Å²) in [5.41, 5.74) is 6.10. The van der Waals surface area contributed by atoms with Crippen molar-refractivity contribution < 1.29 is 23.8 Å². The third-order valence-electron chi connectivity index (χ3n) is 6.29. The molecule has 0 saturated carbocycles. The van der Waals surface area contributed by atoms with Crippen LogP contribution in [0.2, 0.25) is 0 Å². The highest BCUT2D eigenvalue weighted by Crippen LogP contribution is 2.34. The summed E-state index contributed by atoms with van der Waals surface area (Å²) in [7, 11) is 0. The normalized spacial score (nSPS) is 14.3. The fraction of sp³-hybridized carbons (Fsp3) is 0.194. The van der Waals surface area contributed by atoms with Crippen LogP contribution in [-0.4, -0.2) is 36.4 Å². The van der Waals surface area contributed by atoms with Gasteiger partial charge in [0.2, 0.25) is 0 Å². The number of nitrogens with zero attached hydrogens (tertiary/aromatic N) is 2. The predicted molar refractivity (Wildman–Crippen MR) is 181 cm³/mol. The number of benzene rings is 3. The lowest BCUT2D eigenvalue weighted by atomic mass is 9.95. The molecule has 0 aliphatic carbocycles. The third-order valence-corrected chi connectivity index (χ3v) is 7.90. The van der Waals surface area contributed by atoms with E-state index in [1.807, 2.05) is 30.3 Å². The van der Waals surface area contributed by atoms with Crippen molar-refractivity contribution in [3.63, 3.8) is 0 Å². The molecule has 3 N–H and O–H groups in total. The van der Waals surface area contributed by atoms with E-state index >= 15 is 0 Å². The Morgan fingerprint density at radius 1 is 1.18 bits per heavy atom. The highest BCUT2D eigenvalue weighted by Gasteiger charge is 2.32. The summed E-state index contributed by atoms with van der Waals surface area (Å²) in [5.74, 6) is 0.0679. The maximum Gasteiger partial charge on any atom is 0.338 e. The van der Waals surface area contributed by atoms with Crippen LogP contribution in [0.4, 0.5) is 0 Å². The van der Waals surface area contributed by atoms with E-state index in [9.17, 15) is 14.9 Å². The standard InChI is InChI=1S/C31H27BrIN5O5S/c1-3-41-30(40)27-18(2)36-31(44)37-28(27)22-10-6-7-11-25(22)42-17-26(39)38-35-15-19-12-23(32)29(24(33)13-19)43-16-21-9-5-4-8-20(21)14-34/h4-13,15,28H,3,16-17H2,1-2H3,(H,38,39)(H2,36,37,44)/t28-/m0/s1. The Balaban J connectivity index is 1.38. The van der Waals surface area contributed by atoms with Crippen LogP contribution in [0.5, 0.6) is 11.5 Å². The molecule has 1 aliphatic heterocycles. The molecule has 0 aromatic heterocycles. The second-order valence-corrected chi connectivity index (χ2v) is 11.7. The van der Waals surface area contributed by atoms with Gasteiger partial charge in [0.1, 0.15) is 18.1 Å². The van der Waals surface area contributed by atoms with Gasteiger partial charge in [-0.05, 0) is 94.4 Å². The van der Waals surface area contributed by atoms with Gasteiger partial charge in [-0.2, -0.15) is 10.4 Å². The first-order valence-corrected chi connectivity index (χ1v) is 15.6. The number of allylic oxidation sites excluding steroid dienone is 1. The molecule has 0 spiro atoms. The van der Waals surface area contributed by atoms with Gasteiger partial charge in [0.15, 0.2) is 11.7 Å². The zero-order valence-electron chi connectivity index (χ0n) is 23.6. The summed E-state index contributed by atoms with van der Waals surface area (Å²) in [6, 6.07) is 19.5. The van der Waals surface area contributed by atoms with Gasteiger partial charge >= 0.3 is 5.97 Å². The van der Waals surface area contributed by atoms with Gasteiger partial charge in [-0.1, -0.05) is 36.4 Å². The number of ether oxygens (including phenoxy) is 3. The van der Waals surface area contributed by atoms with Crippen LogP contribution < -0.4 is 25.5 Å². The number of rotatable bonds is 11. The number of halogens is 2. The molecular formula is C31H27BrIN5O5S. The zero-order chi connectivity index (χ0) is 31.6. The van der Waals surface area contributed by atoms with Gasteiger partial charge in [-0.3, -0.25) is 4.79 Å². The van der Waals surface area contributed by atoms with Crippen molar-refractivity contribution in [2.24, 2.45) is 5.10 Å². The second-order valence-electron chi connectivity index (χ2n) is 9.28. The smallest absolute Gasteiger partial charge is 0.338 e. The molecule has 44 heavy (non-hydrogen) atoms. The lowest BCUT2D eigenvalue weighted by molar-refractivity contribution is -0.139. The number of hydrogen-bond acceptors (Lipinski definition) is 8. The first-order chi connectivity index (χ1) is 21.2. The monoisotopic (exact) mass is 787 g/mol. The van der Waals surface area contributed by atoms with Crippen LogP contribution in [0.3, 0.4) is 0 Å². The highest BCUT2D eigenvalue weighted by molar-refractivity contribution is 14.1. The number of nitriles is 1. The third kappa shape index (κ3) is 8.34. The molecule has 13 heteroatoms. The Labute approximate surface area is 282 Å². The van der Waals surface area contributed by atoms with Crippen LogP contribution in [-0.2, 0) is 20.9 Å². The largest absolute Gasteiger partial charge is 0.487 e. The summed E-state index contributed by atoms with van der Waals surface area (Å²) in [6.07, 6.45) is 1.51. The fourth-order valence-corrected chi connectivity index (χ4v) is 6.35. The number of carbonyl (C=O) groups excluding carboxylic acids is 2. The maximum atomic E-state index is 12.7. The predicted octanol–water partition coefficient (Wildman–Crippen LogP) is 5.39. The lowest BCUT2D eigenvalue weighted by Gasteiger charge is -2.30. The number of thiocarbonyl (C=S) groups is 1. The van der Waals surface area contributed by atoms with Crippen molar-refractivity contribution >= 4 is 73.9 Å². The van der Waals surface area contributed by atoms with Crippen LogP contribution >= 0.6 is 50.7 Å². The molecule has 0 bridgehead atoms. The molecule has 226 valence electrons. The van der Waals surface area contributed by atoms with Crippen molar-refractivity contribution in [2.45, 2.75) is 26.5 Å². The van der Waals surface area contributed by atoms with E-state index in [1.165, 1.54) is 6.21 Å². The Morgan fingerprint density at radius 3 is 2.68 bits per heavy atom. The van der Waals surface area contributed by atoms with Crippen molar-refractivity contribution in [1.29, 1.82) is 5.26 Å². The minimum Gasteiger partial charge on any atom is -0.487 e. The SMILES string of the molecule is CCOC(=O)C1=C(C)NC(=S)N[C@H]1c1ccccc1OCC(=O)NN=Cc1cc(Br)c(OCc2ccccc2C#N)c(I)c1. The maximum absolute atomic E-state index is 12.7. The van der Waals surface area contributed by atoms with E-state index in [-0.39, 0.29) is 19.8 Å². The first kappa shape index (κ1) is 32.9. The minimum absolute atomic E-state index is 0.220. The summed E-state index contributed by atoms with van der Waals surface area (Å²) < 4.78 is 18.6. The Bertz CT molecular complexity index is 1670. The van der Waals surface area contributed by atoms with Gasteiger partial charge in [0.05, 0.1) is 44.1 Å². The van der Waals surface area contributed by atoms with Gasteiger partial charge in [0.25, 0.3) is 5.91 Å². The fourth-order valence-electron chi connectivity index (χ4n) is 4.31. The number of hydrazone groups is 1. The van der Waals surface area contributed by atoms with E-state index in [0.29, 0.717) is 43.5 Å². The van der Waals surface area contributed by atoms with Crippen LogP contribution in [0, 0.1) is 14.9 Å². The molecule has 1 aliphatic rings. The molecule has 0 saturated heterocycles. The van der Waals surface area contributed by atoms with E-state index in [4.69, 9.17) is 26.4 Å². The van der Waals surface area contributed by atoms with Crippen LogP contribution in [0.25, 0.3) is 0 Å². The van der Waals surface area contributed by atoms with Gasteiger partial charge in [-0.25, -0.2) is 10.2 Å². The number of amides is 1. The first-order valence-electron chi connectivity index (χ1n) is 13.3. The average molecular weight is 788 g/mol.